The van der Waals surface area contributed by atoms with Crippen LogP contribution in [-0.2, 0) is 18.9 Å². The Balaban J connectivity index is 1.59. The van der Waals surface area contributed by atoms with E-state index in [9.17, 15) is 19.2 Å². The predicted octanol–water partition coefficient (Wildman–Crippen LogP) is 0.185. The summed E-state index contributed by atoms with van der Waals surface area (Å²) in [5.74, 6) is -1.13. The highest BCUT2D eigenvalue weighted by molar-refractivity contribution is 7.99. The second-order valence-corrected chi connectivity index (χ2v) is 6.89. The standard InChI is InChI=1S/C18H17N5O4S/c1-22-17(26)16(21-23(2)18(22)27)28-10-14(24)19-20-15(25)13-8-7-11-5-3-4-6-12(11)9-13/h3-9H,10H2,1-2H3,(H,19,24)(H,20,25). The summed E-state index contributed by atoms with van der Waals surface area (Å²) in [7, 11) is 2.75. The van der Waals surface area contributed by atoms with Gasteiger partial charge in [-0.2, -0.15) is 5.10 Å². The van der Waals surface area contributed by atoms with Crippen LogP contribution in [0, 0.1) is 0 Å². The van der Waals surface area contributed by atoms with Crippen molar-refractivity contribution in [2.24, 2.45) is 14.1 Å². The van der Waals surface area contributed by atoms with Crippen molar-refractivity contribution in [3.05, 3.63) is 68.9 Å². The molecule has 0 saturated carbocycles. The van der Waals surface area contributed by atoms with Crippen LogP contribution >= 0.6 is 11.8 Å². The molecular weight excluding hydrogens is 382 g/mol. The van der Waals surface area contributed by atoms with Crippen molar-refractivity contribution in [2.45, 2.75) is 5.03 Å². The molecule has 1 heterocycles. The SMILES string of the molecule is Cn1nc(SCC(=O)NNC(=O)c2ccc3ccccc3c2)c(=O)n(C)c1=O. The van der Waals surface area contributed by atoms with E-state index >= 15 is 0 Å². The van der Waals surface area contributed by atoms with Gasteiger partial charge in [-0.1, -0.05) is 42.1 Å². The predicted molar refractivity (Wildman–Crippen MR) is 105 cm³/mol. The Hall–Kier alpha value is -3.40. The summed E-state index contributed by atoms with van der Waals surface area (Å²) in [6.45, 7) is 0. The van der Waals surface area contributed by atoms with Crippen LogP contribution < -0.4 is 22.1 Å². The lowest BCUT2D eigenvalue weighted by Crippen LogP contribution is -2.43. The molecule has 10 heteroatoms. The topological polar surface area (TPSA) is 115 Å². The first-order chi connectivity index (χ1) is 13.4. The van der Waals surface area contributed by atoms with Crippen molar-refractivity contribution in [3.63, 3.8) is 0 Å². The molecule has 0 aliphatic carbocycles. The molecule has 9 nitrogen and oxygen atoms in total. The normalized spacial score (nSPS) is 10.6. The quantitative estimate of drug-likeness (QED) is 0.478. The van der Waals surface area contributed by atoms with Crippen LogP contribution in [0.5, 0.6) is 0 Å². The molecule has 2 aromatic carbocycles. The lowest BCUT2D eigenvalue weighted by atomic mass is 10.1. The second-order valence-electron chi connectivity index (χ2n) is 5.93. The summed E-state index contributed by atoms with van der Waals surface area (Å²) in [6, 6.07) is 12.8. The molecule has 0 spiro atoms. The van der Waals surface area contributed by atoms with E-state index in [1.807, 2.05) is 30.3 Å². The molecule has 3 rings (SSSR count). The van der Waals surface area contributed by atoms with Gasteiger partial charge in [0.2, 0.25) is 5.91 Å². The zero-order valence-corrected chi connectivity index (χ0v) is 15.9. The molecule has 0 atom stereocenters. The van der Waals surface area contributed by atoms with Crippen molar-refractivity contribution >= 4 is 34.3 Å². The Bertz CT molecular complexity index is 1180. The van der Waals surface area contributed by atoms with Crippen LogP contribution in [0.4, 0.5) is 0 Å². The van der Waals surface area contributed by atoms with Gasteiger partial charge in [0, 0.05) is 19.7 Å². The maximum atomic E-state index is 12.2. The number of hydrogen-bond acceptors (Lipinski definition) is 6. The van der Waals surface area contributed by atoms with E-state index in [4.69, 9.17) is 0 Å². The van der Waals surface area contributed by atoms with Gasteiger partial charge in [0.05, 0.1) is 5.75 Å². The summed E-state index contributed by atoms with van der Waals surface area (Å²) in [5, 5.41) is 5.77. The van der Waals surface area contributed by atoms with Gasteiger partial charge >= 0.3 is 5.69 Å². The molecule has 0 aliphatic heterocycles. The van der Waals surface area contributed by atoms with Gasteiger partial charge in [-0.15, -0.1) is 0 Å². The van der Waals surface area contributed by atoms with Gasteiger partial charge in [-0.25, -0.2) is 9.48 Å². The van der Waals surface area contributed by atoms with Crippen LogP contribution in [0.1, 0.15) is 10.4 Å². The van der Waals surface area contributed by atoms with Crippen LogP contribution in [0.3, 0.4) is 0 Å². The van der Waals surface area contributed by atoms with E-state index in [0.717, 1.165) is 31.8 Å². The number of carbonyl (C=O) groups excluding carboxylic acids is 2. The fourth-order valence-corrected chi connectivity index (χ4v) is 3.24. The lowest BCUT2D eigenvalue weighted by Gasteiger charge is -2.08. The van der Waals surface area contributed by atoms with Gasteiger partial charge in [-0.05, 0) is 22.9 Å². The number of amides is 2. The third-order valence-electron chi connectivity index (χ3n) is 3.96. The number of fused-ring (bicyclic) bond motifs is 1. The first-order valence-corrected chi connectivity index (χ1v) is 9.20. The molecule has 0 fully saturated rings. The van der Waals surface area contributed by atoms with Crippen molar-refractivity contribution in [2.75, 3.05) is 5.75 Å². The maximum Gasteiger partial charge on any atom is 0.346 e. The highest BCUT2D eigenvalue weighted by Gasteiger charge is 2.13. The zero-order chi connectivity index (χ0) is 20.3. The third-order valence-corrected chi connectivity index (χ3v) is 4.90. The van der Waals surface area contributed by atoms with Crippen LogP contribution in [0.2, 0.25) is 0 Å². The van der Waals surface area contributed by atoms with Crippen molar-refractivity contribution in [1.29, 1.82) is 0 Å². The molecule has 0 aliphatic rings. The molecule has 3 aromatic rings. The number of rotatable bonds is 4. The molecule has 144 valence electrons. The number of nitrogens with zero attached hydrogens (tertiary/aromatic N) is 3. The van der Waals surface area contributed by atoms with Crippen LogP contribution in [0.15, 0.2) is 57.1 Å². The first kappa shape index (κ1) is 19.4. The smallest absolute Gasteiger partial charge is 0.272 e. The van der Waals surface area contributed by atoms with E-state index in [1.165, 1.54) is 14.1 Å². The van der Waals surface area contributed by atoms with Gasteiger partial charge in [0.1, 0.15) is 0 Å². The minimum absolute atomic E-state index is 0.0144. The Labute approximate surface area is 163 Å². The number of aryl methyl sites for hydroxylation is 1. The summed E-state index contributed by atoms with van der Waals surface area (Å²) in [6.07, 6.45) is 0. The zero-order valence-electron chi connectivity index (χ0n) is 15.1. The number of hydrogen-bond donors (Lipinski definition) is 2. The van der Waals surface area contributed by atoms with E-state index in [2.05, 4.69) is 16.0 Å². The van der Waals surface area contributed by atoms with Crippen LogP contribution in [0.25, 0.3) is 10.8 Å². The summed E-state index contributed by atoms with van der Waals surface area (Å²) in [4.78, 5) is 47.8. The highest BCUT2D eigenvalue weighted by Crippen LogP contribution is 2.15. The number of hydrazine groups is 1. The molecule has 0 radical (unpaired) electrons. The molecular formula is C18H17N5O4S. The summed E-state index contributed by atoms with van der Waals surface area (Å²) < 4.78 is 1.93. The third kappa shape index (κ3) is 4.12. The molecule has 2 N–H and O–H groups in total. The number of benzene rings is 2. The molecule has 0 unspecified atom stereocenters. The van der Waals surface area contributed by atoms with Gasteiger partial charge < -0.3 is 0 Å². The summed E-state index contributed by atoms with van der Waals surface area (Å²) >= 11 is 0.874. The van der Waals surface area contributed by atoms with E-state index < -0.39 is 23.1 Å². The van der Waals surface area contributed by atoms with Gasteiger partial charge in [0.25, 0.3) is 11.5 Å². The Kier molecular flexibility index (Phi) is 5.59. The van der Waals surface area contributed by atoms with Crippen molar-refractivity contribution in [1.82, 2.24) is 25.2 Å². The molecule has 2 amide bonds. The Morgan fingerprint density at radius 3 is 2.50 bits per heavy atom. The van der Waals surface area contributed by atoms with Gasteiger partial charge in [0.15, 0.2) is 5.03 Å². The van der Waals surface area contributed by atoms with E-state index in [-0.39, 0.29) is 10.8 Å². The average Bonchev–Trinajstić information content (AvgIpc) is 2.71. The molecule has 0 bridgehead atoms. The monoisotopic (exact) mass is 399 g/mol. The minimum atomic E-state index is -0.582. The number of thioether (sulfide) groups is 1. The molecule has 28 heavy (non-hydrogen) atoms. The Morgan fingerprint density at radius 2 is 1.75 bits per heavy atom. The summed E-state index contributed by atoms with van der Waals surface area (Å²) in [5.41, 5.74) is 3.90. The first-order valence-electron chi connectivity index (χ1n) is 8.22. The van der Waals surface area contributed by atoms with Crippen molar-refractivity contribution < 1.29 is 9.59 Å². The number of carbonyl (C=O) groups is 2. The minimum Gasteiger partial charge on any atom is -0.272 e. The largest absolute Gasteiger partial charge is 0.346 e. The van der Waals surface area contributed by atoms with E-state index in [0.29, 0.717) is 5.56 Å². The van der Waals surface area contributed by atoms with Crippen molar-refractivity contribution in [3.8, 4) is 0 Å². The molecule has 1 aromatic heterocycles. The molecule has 0 saturated heterocycles. The highest BCUT2D eigenvalue weighted by atomic mass is 32.2. The second kappa shape index (κ2) is 8.09. The fraction of sp³-hybridized carbons (Fsp3) is 0.167. The number of nitrogens with one attached hydrogen (secondary N) is 2. The fourth-order valence-electron chi connectivity index (χ4n) is 2.46. The number of aromatic nitrogens is 3. The maximum absolute atomic E-state index is 12.2. The lowest BCUT2D eigenvalue weighted by molar-refractivity contribution is -0.119. The van der Waals surface area contributed by atoms with Crippen LogP contribution in [-0.4, -0.2) is 31.9 Å². The Morgan fingerprint density at radius 1 is 1.04 bits per heavy atom. The average molecular weight is 399 g/mol. The van der Waals surface area contributed by atoms with Gasteiger partial charge in [-0.3, -0.25) is 29.8 Å². The van der Waals surface area contributed by atoms with E-state index in [1.54, 1.807) is 12.1 Å².